The summed E-state index contributed by atoms with van der Waals surface area (Å²) >= 11 is 6.03. The predicted molar refractivity (Wildman–Crippen MR) is 84.2 cm³/mol. The normalized spacial score (nSPS) is 10.8. The van der Waals surface area contributed by atoms with Gasteiger partial charge in [0.05, 0.1) is 0 Å². The maximum absolute atomic E-state index is 6.03. The average Bonchev–Trinajstić information content (AvgIpc) is 2.41. The van der Waals surface area contributed by atoms with Crippen molar-refractivity contribution in [3.05, 3.63) is 46.2 Å². The molecule has 0 aliphatic heterocycles. The molecule has 0 saturated carbocycles. The highest BCUT2D eigenvalue weighted by Crippen LogP contribution is 2.21. The van der Waals surface area contributed by atoms with E-state index in [1.54, 1.807) is 0 Å². The zero-order valence-corrected chi connectivity index (χ0v) is 13.0. The van der Waals surface area contributed by atoms with Crippen molar-refractivity contribution >= 4 is 11.6 Å². The topological polar surface area (TPSA) is 37.8 Å². The van der Waals surface area contributed by atoms with Gasteiger partial charge in [-0.3, -0.25) is 0 Å². The number of benzene rings is 1. The van der Waals surface area contributed by atoms with Gasteiger partial charge in [-0.2, -0.15) is 0 Å². The number of nitrogens with one attached hydrogen (secondary N) is 1. The molecule has 2 rings (SSSR count). The number of aryl methyl sites for hydroxylation is 2. The molecule has 1 heterocycles. The van der Waals surface area contributed by atoms with Crippen LogP contribution in [0.4, 0.5) is 0 Å². The summed E-state index contributed by atoms with van der Waals surface area (Å²) in [4.78, 5) is 9.25. The Morgan fingerprint density at radius 2 is 1.85 bits per heavy atom. The van der Waals surface area contributed by atoms with Crippen LogP contribution in [-0.2, 0) is 6.42 Å². The molecule has 0 aliphatic carbocycles. The molecule has 2 aromatic rings. The molecule has 0 saturated heterocycles. The standard InChI is InChI=1S/C16H20ClN3/c1-4-18-9-8-15-11(2)19-16(20-12(15)3)13-6-5-7-14(17)10-13/h5-7,10,18H,4,8-9H2,1-3H3. The first-order valence-corrected chi connectivity index (χ1v) is 7.30. The number of likely N-dealkylation sites (N-methyl/N-ethyl adjacent to an activating group) is 1. The van der Waals surface area contributed by atoms with E-state index in [2.05, 4.69) is 22.2 Å². The molecule has 4 heteroatoms. The quantitative estimate of drug-likeness (QED) is 0.855. The van der Waals surface area contributed by atoms with Gasteiger partial charge in [0.2, 0.25) is 0 Å². The van der Waals surface area contributed by atoms with E-state index in [9.17, 15) is 0 Å². The Morgan fingerprint density at radius 1 is 1.15 bits per heavy atom. The van der Waals surface area contributed by atoms with Crippen LogP contribution in [-0.4, -0.2) is 23.1 Å². The van der Waals surface area contributed by atoms with E-state index < -0.39 is 0 Å². The zero-order chi connectivity index (χ0) is 14.5. The SMILES string of the molecule is CCNCCc1c(C)nc(-c2cccc(Cl)c2)nc1C. The number of hydrogen-bond acceptors (Lipinski definition) is 3. The van der Waals surface area contributed by atoms with Crippen LogP contribution in [0, 0.1) is 13.8 Å². The van der Waals surface area contributed by atoms with Crippen molar-refractivity contribution in [3.63, 3.8) is 0 Å². The maximum Gasteiger partial charge on any atom is 0.159 e. The molecule has 20 heavy (non-hydrogen) atoms. The highest BCUT2D eigenvalue weighted by atomic mass is 35.5. The molecular formula is C16H20ClN3. The van der Waals surface area contributed by atoms with E-state index >= 15 is 0 Å². The molecule has 0 radical (unpaired) electrons. The number of halogens is 1. The van der Waals surface area contributed by atoms with Gasteiger partial charge in [-0.25, -0.2) is 9.97 Å². The molecule has 0 amide bonds. The van der Waals surface area contributed by atoms with E-state index in [1.165, 1.54) is 5.56 Å². The number of aromatic nitrogens is 2. The highest BCUT2D eigenvalue weighted by Gasteiger charge is 2.10. The van der Waals surface area contributed by atoms with Crippen molar-refractivity contribution in [1.82, 2.24) is 15.3 Å². The van der Waals surface area contributed by atoms with Gasteiger partial charge in [0, 0.05) is 22.0 Å². The van der Waals surface area contributed by atoms with E-state index in [0.717, 1.165) is 42.3 Å². The lowest BCUT2D eigenvalue weighted by Crippen LogP contribution is -2.17. The zero-order valence-electron chi connectivity index (χ0n) is 12.2. The highest BCUT2D eigenvalue weighted by molar-refractivity contribution is 6.30. The Morgan fingerprint density at radius 3 is 2.45 bits per heavy atom. The van der Waals surface area contributed by atoms with Crippen molar-refractivity contribution in [2.24, 2.45) is 0 Å². The van der Waals surface area contributed by atoms with Gasteiger partial charge in [0.25, 0.3) is 0 Å². The largest absolute Gasteiger partial charge is 0.317 e. The second-order valence-corrected chi connectivity index (χ2v) is 5.25. The monoisotopic (exact) mass is 289 g/mol. The third-order valence-corrected chi connectivity index (χ3v) is 3.54. The van der Waals surface area contributed by atoms with Crippen LogP contribution < -0.4 is 5.32 Å². The minimum absolute atomic E-state index is 0.706. The Bertz CT molecular complexity index is 573. The molecule has 1 aromatic carbocycles. The number of nitrogens with zero attached hydrogens (tertiary/aromatic N) is 2. The van der Waals surface area contributed by atoms with Gasteiger partial charge in [-0.15, -0.1) is 0 Å². The Balaban J connectivity index is 2.30. The molecule has 3 nitrogen and oxygen atoms in total. The lowest BCUT2D eigenvalue weighted by molar-refractivity contribution is 0.708. The van der Waals surface area contributed by atoms with Gasteiger partial charge >= 0.3 is 0 Å². The molecule has 1 N–H and O–H groups in total. The fraction of sp³-hybridized carbons (Fsp3) is 0.375. The van der Waals surface area contributed by atoms with Gasteiger partial charge in [0.1, 0.15) is 0 Å². The van der Waals surface area contributed by atoms with Crippen LogP contribution in [0.2, 0.25) is 5.02 Å². The van der Waals surface area contributed by atoms with E-state index in [4.69, 9.17) is 11.6 Å². The minimum Gasteiger partial charge on any atom is -0.317 e. The Kier molecular flexibility index (Phi) is 5.10. The molecule has 0 spiro atoms. The summed E-state index contributed by atoms with van der Waals surface area (Å²) in [6, 6.07) is 7.66. The minimum atomic E-state index is 0.706. The summed E-state index contributed by atoms with van der Waals surface area (Å²) < 4.78 is 0. The molecule has 0 bridgehead atoms. The van der Waals surface area contributed by atoms with Crippen LogP contribution in [0.15, 0.2) is 24.3 Å². The summed E-state index contributed by atoms with van der Waals surface area (Å²) in [5.74, 6) is 0.745. The summed E-state index contributed by atoms with van der Waals surface area (Å²) in [6.07, 6.45) is 0.960. The molecule has 1 aromatic heterocycles. The maximum atomic E-state index is 6.03. The second-order valence-electron chi connectivity index (χ2n) is 4.81. The van der Waals surface area contributed by atoms with Crippen molar-refractivity contribution in [1.29, 1.82) is 0 Å². The molecular weight excluding hydrogens is 270 g/mol. The lowest BCUT2D eigenvalue weighted by atomic mass is 10.1. The fourth-order valence-corrected chi connectivity index (χ4v) is 2.44. The summed E-state index contributed by atoms with van der Waals surface area (Å²) in [6.45, 7) is 8.14. The lowest BCUT2D eigenvalue weighted by Gasteiger charge is -2.11. The van der Waals surface area contributed by atoms with Gasteiger partial charge in [-0.05, 0) is 51.1 Å². The van der Waals surface area contributed by atoms with E-state index in [0.29, 0.717) is 5.02 Å². The fourth-order valence-electron chi connectivity index (χ4n) is 2.25. The molecule has 106 valence electrons. The Hall–Kier alpha value is -1.45. The molecule has 0 aliphatic rings. The Labute approximate surface area is 125 Å². The first-order valence-electron chi connectivity index (χ1n) is 6.92. The van der Waals surface area contributed by atoms with Gasteiger partial charge < -0.3 is 5.32 Å². The molecule has 0 unspecified atom stereocenters. The first kappa shape index (κ1) is 14.9. The van der Waals surface area contributed by atoms with Crippen molar-refractivity contribution in [2.75, 3.05) is 13.1 Å². The van der Waals surface area contributed by atoms with Gasteiger partial charge in [0.15, 0.2) is 5.82 Å². The molecule has 0 atom stereocenters. The molecule has 0 fully saturated rings. The average molecular weight is 290 g/mol. The van der Waals surface area contributed by atoms with Crippen molar-refractivity contribution < 1.29 is 0 Å². The van der Waals surface area contributed by atoms with Crippen LogP contribution in [0.3, 0.4) is 0 Å². The third kappa shape index (κ3) is 3.56. The summed E-state index contributed by atoms with van der Waals surface area (Å²) in [5, 5.41) is 4.04. The van der Waals surface area contributed by atoms with Crippen LogP contribution in [0.5, 0.6) is 0 Å². The number of rotatable bonds is 5. The van der Waals surface area contributed by atoms with Crippen LogP contribution in [0.1, 0.15) is 23.9 Å². The van der Waals surface area contributed by atoms with Crippen molar-refractivity contribution in [2.45, 2.75) is 27.2 Å². The second kappa shape index (κ2) is 6.82. The first-order chi connectivity index (χ1) is 9.61. The predicted octanol–water partition coefficient (Wildman–Crippen LogP) is 3.57. The van der Waals surface area contributed by atoms with Crippen molar-refractivity contribution in [3.8, 4) is 11.4 Å². The van der Waals surface area contributed by atoms with Crippen LogP contribution >= 0.6 is 11.6 Å². The number of hydrogen-bond donors (Lipinski definition) is 1. The third-order valence-electron chi connectivity index (χ3n) is 3.31. The summed E-state index contributed by atoms with van der Waals surface area (Å²) in [7, 11) is 0. The van der Waals surface area contributed by atoms with Gasteiger partial charge in [-0.1, -0.05) is 30.7 Å². The van der Waals surface area contributed by atoms with Crippen LogP contribution in [0.25, 0.3) is 11.4 Å². The van der Waals surface area contributed by atoms with E-state index in [-0.39, 0.29) is 0 Å². The smallest absolute Gasteiger partial charge is 0.159 e. The summed E-state index contributed by atoms with van der Waals surface area (Å²) in [5.41, 5.74) is 4.29. The van der Waals surface area contributed by atoms with E-state index in [1.807, 2.05) is 38.1 Å².